The van der Waals surface area contributed by atoms with Crippen LogP contribution in [0, 0.1) is 0 Å². The Kier molecular flexibility index (Phi) is 4.93. The van der Waals surface area contributed by atoms with Crippen LogP contribution in [-0.4, -0.2) is 60.1 Å². The van der Waals surface area contributed by atoms with Crippen molar-refractivity contribution in [2.75, 3.05) is 33.2 Å². The first-order valence-corrected chi connectivity index (χ1v) is 6.94. The van der Waals surface area contributed by atoms with Crippen molar-refractivity contribution >= 4 is 12.0 Å². The van der Waals surface area contributed by atoms with E-state index in [2.05, 4.69) is 30.0 Å². The summed E-state index contributed by atoms with van der Waals surface area (Å²) < 4.78 is 0. The fourth-order valence-electron chi connectivity index (χ4n) is 2.57. The van der Waals surface area contributed by atoms with Crippen molar-refractivity contribution in [3.63, 3.8) is 0 Å². The summed E-state index contributed by atoms with van der Waals surface area (Å²) in [6.07, 6.45) is 2.16. The van der Waals surface area contributed by atoms with Gasteiger partial charge in [0.1, 0.15) is 6.04 Å². The maximum absolute atomic E-state index is 11.2. The topological polar surface area (TPSA) is 43.8 Å². The largest absolute Gasteiger partial charge is 0.480 e. The van der Waals surface area contributed by atoms with Crippen molar-refractivity contribution in [1.82, 2.24) is 9.80 Å². The predicted octanol–water partition coefficient (Wildman–Crippen LogP) is 1.79. The van der Waals surface area contributed by atoms with Gasteiger partial charge in [0.25, 0.3) is 0 Å². The van der Waals surface area contributed by atoms with Gasteiger partial charge in [-0.1, -0.05) is 42.0 Å². The second-order valence-corrected chi connectivity index (χ2v) is 5.47. The molecule has 0 spiro atoms. The fraction of sp³-hybridized carbons (Fsp3) is 0.438. The zero-order valence-corrected chi connectivity index (χ0v) is 12.1. The van der Waals surface area contributed by atoms with E-state index < -0.39 is 12.0 Å². The second-order valence-electron chi connectivity index (χ2n) is 5.47. The summed E-state index contributed by atoms with van der Waals surface area (Å²) in [5.41, 5.74) is 2.44. The lowest BCUT2D eigenvalue weighted by Crippen LogP contribution is -2.54. The van der Waals surface area contributed by atoms with Crippen molar-refractivity contribution < 1.29 is 9.90 Å². The molecule has 1 heterocycles. The number of likely N-dealkylation sites (N-methyl/N-ethyl adjacent to an activating group) is 1. The number of nitrogens with zero attached hydrogens (tertiary/aromatic N) is 2. The van der Waals surface area contributed by atoms with E-state index in [0.717, 1.165) is 19.6 Å². The number of aliphatic carboxylic acids is 1. The molecule has 1 N–H and O–H groups in total. The average Bonchev–Trinajstić information content (AvgIpc) is 2.41. The molecule has 0 aliphatic carbocycles. The highest BCUT2D eigenvalue weighted by Crippen LogP contribution is 2.12. The van der Waals surface area contributed by atoms with E-state index in [1.807, 2.05) is 30.1 Å². The van der Waals surface area contributed by atoms with Crippen molar-refractivity contribution in [2.24, 2.45) is 0 Å². The number of carboxylic acid groups (broad SMARTS) is 1. The third-order valence-corrected chi connectivity index (χ3v) is 3.70. The molecule has 1 aromatic rings. The standard InChI is InChI=1S/C16H22N2O2/c1-13(10-14-6-4-3-5-7-14)11-18-9-8-17(2)15(12-18)16(19)20/h3-7,10,15H,8-9,11-12H2,1-2H3,(H,19,20)/b13-10+. The van der Waals surface area contributed by atoms with Crippen LogP contribution in [0.15, 0.2) is 35.9 Å². The highest BCUT2D eigenvalue weighted by Gasteiger charge is 2.29. The zero-order valence-electron chi connectivity index (χ0n) is 12.1. The summed E-state index contributed by atoms with van der Waals surface area (Å²) in [5.74, 6) is -0.734. The number of rotatable bonds is 4. The molecule has 0 radical (unpaired) electrons. The Morgan fingerprint density at radius 3 is 2.70 bits per heavy atom. The van der Waals surface area contributed by atoms with Crippen LogP contribution in [0.5, 0.6) is 0 Å². The monoisotopic (exact) mass is 274 g/mol. The Bertz CT molecular complexity index is 485. The first kappa shape index (κ1) is 14.8. The Morgan fingerprint density at radius 1 is 1.35 bits per heavy atom. The average molecular weight is 274 g/mol. The molecule has 1 unspecified atom stereocenters. The zero-order chi connectivity index (χ0) is 14.5. The van der Waals surface area contributed by atoms with Crippen molar-refractivity contribution in [2.45, 2.75) is 13.0 Å². The van der Waals surface area contributed by atoms with Crippen LogP contribution in [0.4, 0.5) is 0 Å². The first-order valence-electron chi connectivity index (χ1n) is 6.94. The molecule has 1 aliphatic rings. The minimum absolute atomic E-state index is 0.395. The maximum atomic E-state index is 11.2. The van der Waals surface area contributed by atoms with Crippen molar-refractivity contribution in [3.05, 3.63) is 41.5 Å². The van der Waals surface area contributed by atoms with E-state index in [9.17, 15) is 9.90 Å². The molecular weight excluding hydrogens is 252 g/mol. The molecule has 0 bridgehead atoms. The van der Waals surface area contributed by atoms with E-state index in [1.54, 1.807) is 0 Å². The van der Waals surface area contributed by atoms with Crippen LogP contribution < -0.4 is 0 Å². The molecule has 1 fully saturated rings. The molecule has 108 valence electrons. The van der Waals surface area contributed by atoms with Gasteiger partial charge in [-0.2, -0.15) is 0 Å². The fourth-order valence-corrected chi connectivity index (χ4v) is 2.57. The molecule has 1 atom stereocenters. The Morgan fingerprint density at radius 2 is 2.05 bits per heavy atom. The van der Waals surface area contributed by atoms with Crippen LogP contribution in [0.25, 0.3) is 6.08 Å². The van der Waals surface area contributed by atoms with Gasteiger partial charge in [-0.15, -0.1) is 0 Å². The third-order valence-electron chi connectivity index (χ3n) is 3.70. The molecule has 0 saturated carbocycles. The summed E-state index contributed by atoms with van der Waals surface area (Å²) in [4.78, 5) is 15.3. The number of carboxylic acids is 1. The summed E-state index contributed by atoms with van der Waals surface area (Å²) in [6.45, 7) is 5.23. The van der Waals surface area contributed by atoms with E-state index >= 15 is 0 Å². The first-order chi connectivity index (χ1) is 9.56. The summed E-state index contributed by atoms with van der Waals surface area (Å²) in [5, 5.41) is 9.21. The minimum atomic E-state index is -0.734. The van der Waals surface area contributed by atoms with E-state index in [0.29, 0.717) is 6.54 Å². The molecule has 20 heavy (non-hydrogen) atoms. The molecule has 4 heteroatoms. The second kappa shape index (κ2) is 6.68. The van der Waals surface area contributed by atoms with Crippen molar-refractivity contribution in [3.8, 4) is 0 Å². The van der Waals surface area contributed by atoms with Gasteiger partial charge in [-0.25, -0.2) is 0 Å². The van der Waals surface area contributed by atoms with Crippen LogP contribution >= 0.6 is 0 Å². The van der Waals surface area contributed by atoms with Gasteiger partial charge in [-0.05, 0) is 19.5 Å². The molecule has 0 amide bonds. The Labute approximate surface area is 120 Å². The van der Waals surface area contributed by atoms with Gasteiger partial charge >= 0.3 is 5.97 Å². The van der Waals surface area contributed by atoms with Gasteiger partial charge in [0.2, 0.25) is 0 Å². The molecule has 4 nitrogen and oxygen atoms in total. The number of hydrogen-bond donors (Lipinski definition) is 1. The number of benzene rings is 1. The van der Waals surface area contributed by atoms with Crippen LogP contribution in [0.2, 0.25) is 0 Å². The maximum Gasteiger partial charge on any atom is 0.322 e. The molecule has 1 aliphatic heterocycles. The third kappa shape index (κ3) is 3.92. The minimum Gasteiger partial charge on any atom is -0.480 e. The predicted molar refractivity (Wildman–Crippen MR) is 80.6 cm³/mol. The van der Waals surface area contributed by atoms with E-state index in [4.69, 9.17) is 0 Å². The van der Waals surface area contributed by atoms with Crippen LogP contribution in [-0.2, 0) is 4.79 Å². The van der Waals surface area contributed by atoms with Gasteiger partial charge in [-0.3, -0.25) is 14.6 Å². The summed E-state index contributed by atoms with van der Waals surface area (Å²) in [6, 6.07) is 9.81. The molecule has 2 rings (SSSR count). The Balaban J connectivity index is 1.96. The van der Waals surface area contributed by atoms with Crippen molar-refractivity contribution in [1.29, 1.82) is 0 Å². The van der Waals surface area contributed by atoms with Gasteiger partial charge in [0, 0.05) is 26.2 Å². The van der Waals surface area contributed by atoms with Gasteiger partial charge < -0.3 is 5.11 Å². The lowest BCUT2D eigenvalue weighted by atomic mass is 10.1. The molecule has 0 aromatic heterocycles. The lowest BCUT2D eigenvalue weighted by molar-refractivity contribution is -0.145. The molecule has 1 aromatic carbocycles. The number of piperazine rings is 1. The van der Waals surface area contributed by atoms with E-state index in [-0.39, 0.29) is 0 Å². The highest BCUT2D eigenvalue weighted by atomic mass is 16.4. The van der Waals surface area contributed by atoms with Crippen LogP contribution in [0.3, 0.4) is 0 Å². The smallest absolute Gasteiger partial charge is 0.322 e. The SMILES string of the molecule is C/C(=C\c1ccccc1)CN1CCN(C)C(C(=O)O)C1. The number of hydrogen-bond acceptors (Lipinski definition) is 3. The van der Waals surface area contributed by atoms with Crippen LogP contribution in [0.1, 0.15) is 12.5 Å². The Hall–Kier alpha value is -1.65. The van der Waals surface area contributed by atoms with Gasteiger partial charge in [0.15, 0.2) is 0 Å². The summed E-state index contributed by atoms with van der Waals surface area (Å²) >= 11 is 0. The van der Waals surface area contributed by atoms with E-state index in [1.165, 1.54) is 11.1 Å². The lowest BCUT2D eigenvalue weighted by Gasteiger charge is -2.37. The summed E-state index contributed by atoms with van der Waals surface area (Å²) in [7, 11) is 1.88. The normalized spacial score (nSPS) is 21.9. The van der Waals surface area contributed by atoms with Gasteiger partial charge in [0.05, 0.1) is 0 Å². The highest BCUT2D eigenvalue weighted by molar-refractivity contribution is 5.73. The number of carbonyl (C=O) groups is 1. The molecule has 1 saturated heterocycles. The molecular formula is C16H22N2O2. The quantitative estimate of drug-likeness (QED) is 0.909.